The molecule has 0 aliphatic carbocycles. The molecule has 0 aromatic heterocycles. The first-order valence-corrected chi connectivity index (χ1v) is 3.16. The second-order valence-corrected chi connectivity index (χ2v) is 2.07. The molecule has 0 unspecified atom stereocenters. The van der Waals surface area contributed by atoms with E-state index < -0.39 is 12.0 Å². The Labute approximate surface area is 69.9 Å². The highest BCUT2D eigenvalue weighted by Crippen LogP contribution is 2.04. The third kappa shape index (κ3) is 3.29. The lowest BCUT2D eigenvalue weighted by atomic mass is 10.5. The quantitative estimate of drug-likeness (QED) is 0.382. The predicted molar refractivity (Wildman–Crippen MR) is 41.2 cm³/mol. The van der Waals surface area contributed by atoms with E-state index in [-0.39, 0.29) is 0 Å². The van der Waals surface area contributed by atoms with Crippen LogP contribution in [0.5, 0.6) is 0 Å². The molecule has 0 spiro atoms. The fourth-order valence-electron chi connectivity index (χ4n) is 0.563. The van der Waals surface area contributed by atoms with Gasteiger partial charge in [-0.15, -0.1) is 0 Å². The van der Waals surface area contributed by atoms with Crippen molar-refractivity contribution in [3.8, 4) is 0 Å². The number of carbonyl (C=O) groups is 1. The first-order chi connectivity index (χ1) is 5.39. The van der Waals surface area contributed by atoms with Gasteiger partial charge in [-0.05, 0) is 6.08 Å². The van der Waals surface area contributed by atoms with Crippen LogP contribution in [-0.2, 0) is 4.79 Å². The van der Waals surface area contributed by atoms with Crippen LogP contribution in [0.4, 0.5) is 0 Å². The third-order valence-corrected chi connectivity index (χ3v) is 1.03. The van der Waals surface area contributed by atoms with E-state index in [1.807, 2.05) is 0 Å². The summed E-state index contributed by atoms with van der Waals surface area (Å²) >= 11 is 0. The summed E-state index contributed by atoms with van der Waals surface area (Å²) in [6.45, 7) is 4.38. The lowest BCUT2D eigenvalue weighted by molar-refractivity contribution is -0.371. The van der Waals surface area contributed by atoms with E-state index in [1.165, 1.54) is 12.2 Å². The average molecular weight is 173 g/mol. The Kier molecular flexibility index (Phi) is 3.62. The average Bonchev–Trinajstić information content (AvgIpc) is 1.84. The van der Waals surface area contributed by atoms with Crippen molar-refractivity contribution in [2.24, 2.45) is 0 Å². The highest BCUT2D eigenvalue weighted by atomic mass is 16.7. The van der Waals surface area contributed by atoms with Gasteiger partial charge < -0.3 is 15.3 Å². The van der Waals surface area contributed by atoms with Crippen LogP contribution in [0.2, 0.25) is 0 Å². The van der Waals surface area contributed by atoms with Gasteiger partial charge in [-0.3, -0.25) is 4.79 Å². The summed E-state index contributed by atoms with van der Waals surface area (Å²) in [7, 11) is 0. The molecular formula is C7H11NO4. The number of hydrogen-bond acceptors (Lipinski definition) is 4. The van der Waals surface area contributed by atoms with E-state index in [2.05, 4.69) is 6.58 Å². The number of allylic oxidation sites excluding steroid dienone is 2. The summed E-state index contributed by atoms with van der Waals surface area (Å²) in [6, 6.07) is 0. The largest absolute Gasteiger partial charge is 0.375 e. The summed E-state index contributed by atoms with van der Waals surface area (Å²) in [5.74, 6) is -0.708. The first-order valence-electron chi connectivity index (χ1n) is 3.16. The number of amides is 1. The topological polar surface area (TPSA) is 81.0 Å². The summed E-state index contributed by atoms with van der Waals surface area (Å²) in [4.78, 5) is 11.0. The maximum absolute atomic E-state index is 10.7. The normalized spacial score (nSPS) is 11.7. The van der Waals surface area contributed by atoms with Gasteiger partial charge in [0.05, 0.1) is 0 Å². The molecule has 0 saturated carbocycles. The van der Waals surface area contributed by atoms with E-state index in [1.54, 1.807) is 0 Å². The highest BCUT2D eigenvalue weighted by molar-refractivity contribution is 5.74. The molecule has 0 aliphatic rings. The van der Waals surface area contributed by atoms with Crippen molar-refractivity contribution in [1.82, 2.24) is 4.90 Å². The van der Waals surface area contributed by atoms with Gasteiger partial charge in [0, 0.05) is 13.1 Å². The lowest BCUT2D eigenvalue weighted by Gasteiger charge is -2.25. The van der Waals surface area contributed by atoms with E-state index in [9.17, 15) is 4.79 Å². The fraction of sp³-hybridized carbons (Fsp3) is 0.286. The monoisotopic (exact) mass is 173 g/mol. The van der Waals surface area contributed by atoms with Gasteiger partial charge in [0.1, 0.15) is 0 Å². The van der Waals surface area contributed by atoms with Gasteiger partial charge >= 0.3 is 6.10 Å². The van der Waals surface area contributed by atoms with Gasteiger partial charge in [-0.25, -0.2) is 4.90 Å². The van der Waals surface area contributed by atoms with E-state index >= 15 is 0 Å². The maximum atomic E-state index is 10.7. The number of nitrogens with zero attached hydrogens (tertiary/aromatic N) is 1. The number of carbonyl (C=O) groups excluding carboxylic acids is 1. The fourth-order valence-corrected chi connectivity index (χ4v) is 0.563. The molecule has 0 saturated heterocycles. The summed E-state index contributed by atoms with van der Waals surface area (Å²) in [5, 5.41) is 25.8. The third-order valence-electron chi connectivity index (χ3n) is 1.03. The molecule has 5 heteroatoms. The maximum Gasteiger partial charge on any atom is 0.375 e. The van der Waals surface area contributed by atoms with Crippen LogP contribution in [0.3, 0.4) is 0 Å². The molecule has 3 N–H and O–H groups in total. The van der Waals surface area contributed by atoms with Crippen LogP contribution in [-0.4, -0.2) is 32.2 Å². The first kappa shape index (κ1) is 10.8. The Morgan fingerprint density at radius 2 is 2.00 bits per heavy atom. The van der Waals surface area contributed by atoms with Crippen molar-refractivity contribution >= 4 is 5.91 Å². The molecule has 5 nitrogen and oxygen atoms in total. The summed E-state index contributed by atoms with van der Waals surface area (Å²) < 4.78 is 0. The SMILES string of the molecule is C=C/C=C\N(C(C)=O)C(O)(O)O. The molecule has 0 heterocycles. The second kappa shape index (κ2) is 4.01. The van der Waals surface area contributed by atoms with Crippen LogP contribution in [0, 0.1) is 0 Å². The van der Waals surface area contributed by atoms with Crippen LogP contribution in [0.25, 0.3) is 0 Å². The van der Waals surface area contributed by atoms with Gasteiger partial charge in [-0.1, -0.05) is 12.7 Å². The van der Waals surface area contributed by atoms with Crippen LogP contribution < -0.4 is 0 Å². The molecule has 0 rings (SSSR count). The molecule has 0 aromatic rings. The second-order valence-electron chi connectivity index (χ2n) is 2.07. The van der Waals surface area contributed by atoms with Crippen molar-refractivity contribution in [2.75, 3.05) is 0 Å². The molecule has 0 bridgehead atoms. The van der Waals surface area contributed by atoms with E-state index in [0.717, 1.165) is 13.1 Å². The molecule has 12 heavy (non-hydrogen) atoms. The zero-order valence-electron chi connectivity index (χ0n) is 6.64. The minimum Gasteiger partial charge on any atom is -0.325 e. The molecule has 68 valence electrons. The molecule has 0 aliphatic heterocycles. The van der Waals surface area contributed by atoms with E-state index in [4.69, 9.17) is 15.3 Å². The molecule has 0 aromatic carbocycles. The Balaban J connectivity index is 4.56. The predicted octanol–water partition coefficient (Wildman–Crippen LogP) is -0.877. The van der Waals surface area contributed by atoms with Crippen molar-refractivity contribution in [3.05, 3.63) is 24.9 Å². The zero-order chi connectivity index (χ0) is 9.78. The van der Waals surface area contributed by atoms with Crippen molar-refractivity contribution < 1.29 is 20.1 Å². The minimum absolute atomic E-state index is 0.342. The van der Waals surface area contributed by atoms with Crippen LogP contribution in [0.1, 0.15) is 6.92 Å². The standard InChI is InChI=1S/C7H11NO4/c1-3-4-5-8(6(2)9)7(10,11)12/h3-5,10-12H,1H2,2H3/b5-4-. The van der Waals surface area contributed by atoms with Gasteiger partial charge in [0.2, 0.25) is 5.91 Å². The Morgan fingerprint density at radius 1 is 1.50 bits per heavy atom. The van der Waals surface area contributed by atoms with E-state index in [0.29, 0.717) is 4.90 Å². The zero-order valence-corrected chi connectivity index (χ0v) is 6.64. The number of rotatable bonds is 3. The smallest absolute Gasteiger partial charge is 0.325 e. The summed E-state index contributed by atoms with van der Waals surface area (Å²) in [5.41, 5.74) is 0. The highest BCUT2D eigenvalue weighted by Gasteiger charge is 2.29. The van der Waals surface area contributed by atoms with Crippen molar-refractivity contribution in [2.45, 2.75) is 13.0 Å². The van der Waals surface area contributed by atoms with Crippen LogP contribution in [0.15, 0.2) is 24.9 Å². The van der Waals surface area contributed by atoms with Gasteiger partial charge in [-0.2, -0.15) is 0 Å². The molecule has 0 fully saturated rings. The molecular weight excluding hydrogens is 162 g/mol. The van der Waals surface area contributed by atoms with Gasteiger partial charge in [0.15, 0.2) is 0 Å². The minimum atomic E-state index is -3.16. The van der Waals surface area contributed by atoms with Crippen LogP contribution >= 0.6 is 0 Å². The Morgan fingerprint density at radius 3 is 2.25 bits per heavy atom. The molecule has 1 amide bonds. The number of hydrogen-bond donors (Lipinski definition) is 3. The lowest BCUT2D eigenvalue weighted by Crippen LogP contribution is -2.47. The molecule has 0 radical (unpaired) electrons. The Hall–Kier alpha value is -1.17. The van der Waals surface area contributed by atoms with Crippen molar-refractivity contribution in [1.29, 1.82) is 0 Å². The summed E-state index contributed by atoms with van der Waals surface area (Å²) in [6.07, 6.45) is 0.432. The van der Waals surface area contributed by atoms with Gasteiger partial charge in [0.25, 0.3) is 0 Å². The van der Waals surface area contributed by atoms with Crippen molar-refractivity contribution in [3.63, 3.8) is 0 Å². The number of aliphatic hydroxyl groups is 3. The Bertz CT molecular complexity index is 204. The molecule has 0 atom stereocenters.